The number of rotatable bonds is 4. The van der Waals surface area contributed by atoms with E-state index >= 15 is 0 Å². The van der Waals surface area contributed by atoms with Crippen molar-refractivity contribution in [2.75, 3.05) is 36.4 Å². The lowest BCUT2D eigenvalue weighted by Gasteiger charge is -2.34. The Labute approximate surface area is 165 Å². The highest BCUT2D eigenvalue weighted by Crippen LogP contribution is 2.20. The number of hydrogen-bond donors (Lipinski definition) is 1. The zero-order chi connectivity index (χ0) is 19.2. The van der Waals surface area contributed by atoms with Gasteiger partial charge in [0.15, 0.2) is 0 Å². The number of aromatic nitrogens is 4. The van der Waals surface area contributed by atoms with E-state index in [4.69, 9.17) is 0 Å². The average molecular weight is 381 g/mol. The second kappa shape index (κ2) is 8.95. The number of carbonyl (C=O) groups excluding carboxylic acids is 1. The Kier molecular flexibility index (Phi) is 5.94. The van der Waals surface area contributed by atoms with Gasteiger partial charge in [0.1, 0.15) is 0 Å². The number of amides is 1. The molecule has 0 unspecified atom stereocenters. The molecule has 8 nitrogen and oxygen atoms in total. The van der Waals surface area contributed by atoms with E-state index in [0.29, 0.717) is 36.6 Å². The molecule has 1 aliphatic carbocycles. The summed E-state index contributed by atoms with van der Waals surface area (Å²) in [5.74, 6) is 1.32. The lowest BCUT2D eigenvalue weighted by Crippen LogP contribution is -2.49. The summed E-state index contributed by atoms with van der Waals surface area (Å²) < 4.78 is 0. The van der Waals surface area contributed by atoms with Gasteiger partial charge in [-0.3, -0.25) is 4.79 Å². The maximum absolute atomic E-state index is 12.8. The summed E-state index contributed by atoms with van der Waals surface area (Å²) in [6.45, 7) is 2.72. The van der Waals surface area contributed by atoms with Crippen LogP contribution in [0.4, 0.5) is 11.9 Å². The van der Waals surface area contributed by atoms with E-state index in [1.807, 2.05) is 4.90 Å². The molecular formula is C20H27N7O. The number of anilines is 2. The van der Waals surface area contributed by atoms with Crippen LogP contribution in [-0.4, -0.2) is 63.0 Å². The van der Waals surface area contributed by atoms with Crippen LogP contribution in [0.1, 0.15) is 48.9 Å². The van der Waals surface area contributed by atoms with Gasteiger partial charge < -0.3 is 15.1 Å². The van der Waals surface area contributed by atoms with Crippen molar-refractivity contribution in [1.82, 2.24) is 24.8 Å². The molecule has 4 rings (SSSR count). The van der Waals surface area contributed by atoms with Crippen LogP contribution in [0.3, 0.4) is 0 Å². The van der Waals surface area contributed by atoms with Crippen molar-refractivity contribution in [3.05, 3.63) is 36.4 Å². The van der Waals surface area contributed by atoms with Crippen LogP contribution < -0.4 is 10.2 Å². The third-order valence-corrected chi connectivity index (χ3v) is 5.49. The Morgan fingerprint density at radius 1 is 0.893 bits per heavy atom. The van der Waals surface area contributed by atoms with E-state index in [-0.39, 0.29) is 5.91 Å². The molecule has 3 heterocycles. The van der Waals surface area contributed by atoms with Crippen LogP contribution >= 0.6 is 0 Å². The van der Waals surface area contributed by atoms with Gasteiger partial charge in [-0.1, -0.05) is 25.7 Å². The van der Waals surface area contributed by atoms with Gasteiger partial charge in [0.05, 0.1) is 5.56 Å². The van der Waals surface area contributed by atoms with Gasteiger partial charge in [0.25, 0.3) is 5.91 Å². The van der Waals surface area contributed by atoms with Crippen molar-refractivity contribution in [2.24, 2.45) is 0 Å². The molecule has 1 N–H and O–H groups in total. The molecule has 2 fully saturated rings. The highest BCUT2D eigenvalue weighted by atomic mass is 16.2. The fourth-order valence-corrected chi connectivity index (χ4v) is 3.87. The predicted molar refractivity (Wildman–Crippen MR) is 107 cm³/mol. The van der Waals surface area contributed by atoms with Crippen LogP contribution in [0.15, 0.2) is 30.9 Å². The topological polar surface area (TPSA) is 87.1 Å². The van der Waals surface area contributed by atoms with Crippen LogP contribution in [-0.2, 0) is 0 Å². The zero-order valence-corrected chi connectivity index (χ0v) is 16.1. The Balaban J connectivity index is 1.31. The Hall–Kier alpha value is -2.77. The van der Waals surface area contributed by atoms with Crippen LogP contribution in [0, 0.1) is 0 Å². The van der Waals surface area contributed by atoms with E-state index < -0.39 is 0 Å². The normalized spacial score (nSPS) is 18.6. The number of carbonyl (C=O) groups is 1. The third-order valence-electron chi connectivity index (χ3n) is 5.49. The highest BCUT2D eigenvalue weighted by Gasteiger charge is 2.24. The van der Waals surface area contributed by atoms with E-state index in [2.05, 4.69) is 30.2 Å². The molecule has 148 valence electrons. The zero-order valence-electron chi connectivity index (χ0n) is 16.1. The molecule has 1 aliphatic heterocycles. The van der Waals surface area contributed by atoms with Crippen molar-refractivity contribution in [3.8, 4) is 0 Å². The first-order valence-corrected chi connectivity index (χ1v) is 10.2. The minimum Gasteiger partial charge on any atom is -0.351 e. The van der Waals surface area contributed by atoms with Gasteiger partial charge in [-0.2, -0.15) is 0 Å². The second-order valence-corrected chi connectivity index (χ2v) is 7.46. The average Bonchev–Trinajstić information content (AvgIpc) is 3.03. The lowest BCUT2D eigenvalue weighted by molar-refractivity contribution is 0.0745. The molecule has 28 heavy (non-hydrogen) atoms. The molecule has 1 saturated heterocycles. The molecule has 1 saturated carbocycles. The summed E-state index contributed by atoms with van der Waals surface area (Å²) in [6, 6.07) is 2.25. The SMILES string of the molecule is O=C(c1cnc(NC2CCCCCC2)nc1)N1CCN(c2ncccn2)CC1. The largest absolute Gasteiger partial charge is 0.351 e. The molecule has 1 amide bonds. The molecule has 8 heteroatoms. The smallest absolute Gasteiger partial charge is 0.257 e. The fourth-order valence-electron chi connectivity index (χ4n) is 3.87. The van der Waals surface area contributed by atoms with Crippen LogP contribution in [0.2, 0.25) is 0 Å². The van der Waals surface area contributed by atoms with Crippen LogP contribution in [0.5, 0.6) is 0 Å². The number of nitrogens with zero attached hydrogens (tertiary/aromatic N) is 6. The Morgan fingerprint density at radius 2 is 1.54 bits per heavy atom. The first-order chi connectivity index (χ1) is 13.8. The standard InChI is InChI=1S/C20H27N7O/c28-18(26-10-12-27(13-11-26)20-21-8-5-9-22-20)16-14-23-19(24-15-16)25-17-6-3-1-2-4-7-17/h5,8-9,14-15,17H,1-4,6-7,10-13H2,(H,23,24,25). The fraction of sp³-hybridized carbons (Fsp3) is 0.550. The molecule has 2 aromatic rings. The lowest BCUT2D eigenvalue weighted by atomic mass is 10.1. The Bertz CT molecular complexity index is 752. The van der Waals surface area contributed by atoms with Gasteiger partial charge in [-0.25, -0.2) is 19.9 Å². The quantitative estimate of drug-likeness (QED) is 0.814. The third kappa shape index (κ3) is 4.55. The van der Waals surface area contributed by atoms with Crippen molar-refractivity contribution in [3.63, 3.8) is 0 Å². The summed E-state index contributed by atoms with van der Waals surface area (Å²) in [4.78, 5) is 34.0. The van der Waals surface area contributed by atoms with E-state index in [9.17, 15) is 4.79 Å². The molecule has 0 atom stereocenters. The van der Waals surface area contributed by atoms with Crippen molar-refractivity contribution in [1.29, 1.82) is 0 Å². The first-order valence-electron chi connectivity index (χ1n) is 10.2. The molecule has 2 aliphatic rings. The number of piperazine rings is 1. The molecule has 0 radical (unpaired) electrons. The van der Waals surface area contributed by atoms with E-state index in [0.717, 1.165) is 13.1 Å². The summed E-state index contributed by atoms with van der Waals surface area (Å²) in [7, 11) is 0. The molecule has 0 bridgehead atoms. The summed E-state index contributed by atoms with van der Waals surface area (Å²) in [5.41, 5.74) is 0.538. The van der Waals surface area contributed by atoms with Crippen molar-refractivity contribution >= 4 is 17.8 Å². The molecule has 0 spiro atoms. The van der Waals surface area contributed by atoms with Gasteiger partial charge in [-0.15, -0.1) is 0 Å². The predicted octanol–water partition coefficient (Wildman–Crippen LogP) is 2.36. The van der Waals surface area contributed by atoms with Gasteiger partial charge >= 0.3 is 0 Å². The van der Waals surface area contributed by atoms with Crippen LogP contribution in [0.25, 0.3) is 0 Å². The molecule has 0 aromatic carbocycles. The van der Waals surface area contributed by atoms with Crippen molar-refractivity contribution in [2.45, 2.75) is 44.6 Å². The second-order valence-electron chi connectivity index (χ2n) is 7.46. The summed E-state index contributed by atoms with van der Waals surface area (Å²) in [5, 5.41) is 3.42. The summed E-state index contributed by atoms with van der Waals surface area (Å²) in [6.07, 6.45) is 14.2. The van der Waals surface area contributed by atoms with E-state index in [1.165, 1.54) is 38.5 Å². The molecular weight excluding hydrogens is 354 g/mol. The minimum atomic E-state index is -0.0188. The minimum absolute atomic E-state index is 0.0188. The number of nitrogens with one attached hydrogen (secondary N) is 1. The van der Waals surface area contributed by atoms with Gasteiger partial charge in [0.2, 0.25) is 11.9 Å². The van der Waals surface area contributed by atoms with Crippen molar-refractivity contribution < 1.29 is 4.79 Å². The number of hydrogen-bond acceptors (Lipinski definition) is 7. The molecule has 2 aromatic heterocycles. The maximum Gasteiger partial charge on any atom is 0.257 e. The first kappa shape index (κ1) is 18.6. The van der Waals surface area contributed by atoms with Gasteiger partial charge in [0, 0.05) is 57.0 Å². The highest BCUT2D eigenvalue weighted by molar-refractivity contribution is 5.93. The van der Waals surface area contributed by atoms with E-state index in [1.54, 1.807) is 30.9 Å². The Morgan fingerprint density at radius 3 is 2.18 bits per heavy atom. The monoisotopic (exact) mass is 381 g/mol. The van der Waals surface area contributed by atoms with Gasteiger partial charge in [-0.05, 0) is 18.9 Å². The maximum atomic E-state index is 12.8. The summed E-state index contributed by atoms with van der Waals surface area (Å²) >= 11 is 0.